The molecule has 3 aromatic rings. The highest BCUT2D eigenvalue weighted by Gasteiger charge is 2.30. The summed E-state index contributed by atoms with van der Waals surface area (Å²) >= 11 is 0. The molecule has 0 saturated heterocycles. The average molecular weight is 387 g/mol. The highest BCUT2D eigenvalue weighted by atomic mass is 16.6. The first-order valence-electron chi connectivity index (χ1n) is 9.94. The second-order valence-electron chi connectivity index (χ2n) is 8.51. The second-order valence-corrected chi connectivity index (χ2v) is 8.51. The molecule has 4 nitrogen and oxygen atoms in total. The molecular formula is C25H25NO3. The van der Waals surface area contributed by atoms with Crippen molar-refractivity contribution >= 4 is 28.3 Å². The SMILES string of the molecule is CC(C)(C)OC(=O)N1CCC(=O)c2cc(Cc3ccc4ccccc4c3)ccc21. The summed E-state index contributed by atoms with van der Waals surface area (Å²) in [5.41, 5.74) is 2.90. The number of nitrogens with zero attached hydrogens (tertiary/aromatic N) is 1. The van der Waals surface area contributed by atoms with Gasteiger partial charge in [-0.05, 0) is 61.2 Å². The quantitative estimate of drug-likeness (QED) is 0.562. The first-order chi connectivity index (χ1) is 13.8. The summed E-state index contributed by atoms with van der Waals surface area (Å²) in [5.74, 6) is 0.0696. The maximum atomic E-state index is 12.6. The van der Waals surface area contributed by atoms with Crippen molar-refractivity contribution in [1.29, 1.82) is 0 Å². The van der Waals surface area contributed by atoms with Crippen LogP contribution in [0, 0.1) is 0 Å². The van der Waals surface area contributed by atoms with Crippen molar-refractivity contribution in [3.05, 3.63) is 77.4 Å². The summed E-state index contributed by atoms with van der Waals surface area (Å²) in [5, 5.41) is 2.42. The second kappa shape index (κ2) is 7.36. The van der Waals surface area contributed by atoms with Gasteiger partial charge in [0.2, 0.25) is 0 Å². The summed E-state index contributed by atoms with van der Waals surface area (Å²) in [6, 6.07) is 20.5. The predicted octanol–water partition coefficient (Wildman–Crippen LogP) is 5.76. The Hall–Kier alpha value is -3.14. The summed E-state index contributed by atoms with van der Waals surface area (Å²) < 4.78 is 5.51. The predicted molar refractivity (Wildman–Crippen MR) is 116 cm³/mol. The number of anilines is 1. The molecule has 0 atom stereocenters. The Balaban J connectivity index is 1.61. The largest absolute Gasteiger partial charge is 0.443 e. The van der Waals surface area contributed by atoms with Crippen LogP contribution in [0.5, 0.6) is 0 Å². The lowest BCUT2D eigenvalue weighted by atomic mass is 9.95. The topological polar surface area (TPSA) is 46.6 Å². The molecule has 0 aromatic heterocycles. The van der Waals surface area contributed by atoms with Gasteiger partial charge in [-0.2, -0.15) is 0 Å². The number of fused-ring (bicyclic) bond motifs is 2. The van der Waals surface area contributed by atoms with E-state index in [1.807, 2.05) is 51.1 Å². The highest BCUT2D eigenvalue weighted by molar-refractivity contribution is 6.07. The molecule has 4 heteroatoms. The van der Waals surface area contributed by atoms with Crippen LogP contribution in [0.25, 0.3) is 10.8 Å². The number of carbonyl (C=O) groups excluding carboxylic acids is 2. The van der Waals surface area contributed by atoms with Gasteiger partial charge < -0.3 is 4.74 Å². The minimum absolute atomic E-state index is 0.0696. The Morgan fingerprint density at radius 2 is 1.66 bits per heavy atom. The Kier molecular flexibility index (Phi) is 4.87. The number of ether oxygens (including phenoxy) is 1. The van der Waals surface area contributed by atoms with Gasteiger partial charge >= 0.3 is 6.09 Å². The van der Waals surface area contributed by atoms with Gasteiger partial charge in [0, 0.05) is 18.5 Å². The molecule has 1 aliphatic rings. The molecule has 0 N–H and O–H groups in total. The number of hydrogen-bond donors (Lipinski definition) is 0. The van der Waals surface area contributed by atoms with Gasteiger partial charge in [0.1, 0.15) is 5.60 Å². The van der Waals surface area contributed by atoms with E-state index in [9.17, 15) is 9.59 Å². The van der Waals surface area contributed by atoms with Crippen LogP contribution in [0.15, 0.2) is 60.7 Å². The van der Waals surface area contributed by atoms with Crippen LogP contribution < -0.4 is 4.90 Å². The Labute approximate surface area is 171 Å². The number of benzene rings is 3. The molecule has 0 fully saturated rings. The van der Waals surface area contributed by atoms with Crippen molar-refractivity contribution in [2.24, 2.45) is 0 Å². The lowest BCUT2D eigenvalue weighted by Gasteiger charge is -2.31. The molecule has 148 valence electrons. The first-order valence-corrected chi connectivity index (χ1v) is 9.94. The van der Waals surface area contributed by atoms with E-state index >= 15 is 0 Å². The molecule has 0 radical (unpaired) electrons. The molecule has 0 unspecified atom stereocenters. The van der Waals surface area contributed by atoms with E-state index in [0.717, 1.165) is 12.0 Å². The number of rotatable bonds is 2. The molecule has 1 amide bonds. The standard InChI is InChI=1S/C25H25NO3/c1-25(2,3)29-24(28)26-13-12-23(27)21-16-18(9-11-22(21)26)14-17-8-10-19-6-4-5-7-20(19)15-17/h4-11,15-16H,12-14H2,1-3H3. The smallest absolute Gasteiger partial charge is 0.414 e. The van der Waals surface area contributed by atoms with Gasteiger partial charge in [-0.1, -0.05) is 48.5 Å². The molecule has 1 heterocycles. The molecule has 29 heavy (non-hydrogen) atoms. The Morgan fingerprint density at radius 3 is 2.41 bits per heavy atom. The van der Waals surface area contributed by atoms with Crippen molar-refractivity contribution < 1.29 is 14.3 Å². The number of ketones is 1. The van der Waals surface area contributed by atoms with Crippen LogP contribution >= 0.6 is 0 Å². The third-order valence-corrected chi connectivity index (χ3v) is 5.05. The third kappa shape index (κ3) is 4.16. The molecule has 0 aliphatic carbocycles. The van der Waals surface area contributed by atoms with Crippen LogP contribution in [0.3, 0.4) is 0 Å². The number of hydrogen-bond acceptors (Lipinski definition) is 3. The summed E-state index contributed by atoms with van der Waals surface area (Å²) in [6.45, 7) is 5.87. The fraction of sp³-hybridized carbons (Fsp3) is 0.280. The van der Waals surface area contributed by atoms with Crippen LogP contribution in [0.4, 0.5) is 10.5 Å². The van der Waals surface area contributed by atoms with Crippen molar-refractivity contribution in [3.8, 4) is 0 Å². The molecule has 1 aliphatic heterocycles. The number of amides is 1. The lowest BCUT2D eigenvalue weighted by molar-refractivity contribution is 0.0577. The summed E-state index contributed by atoms with van der Waals surface area (Å²) in [4.78, 5) is 26.7. The fourth-order valence-electron chi connectivity index (χ4n) is 3.71. The van der Waals surface area contributed by atoms with Crippen molar-refractivity contribution in [1.82, 2.24) is 0 Å². The molecule has 0 spiro atoms. The van der Waals surface area contributed by atoms with Gasteiger partial charge in [0.15, 0.2) is 5.78 Å². The van der Waals surface area contributed by atoms with Crippen LogP contribution in [-0.4, -0.2) is 24.0 Å². The first kappa shape index (κ1) is 19.2. The van der Waals surface area contributed by atoms with Gasteiger partial charge in [-0.3, -0.25) is 9.69 Å². The van der Waals surface area contributed by atoms with Gasteiger partial charge in [-0.15, -0.1) is 0 Å². The van der Waals surface area contributed by atoms with Crippen molar-refractivity contribution in [3.63, 3.8) is 0 Å². The van der Waals surface area contributed by atoms with Crippen LogP contribution in [0.1, 0.15) is 48.7 Å². The molecule has 3 aromatic carbocycles. The van der Waals surface area contributed by atoms with E-state index in [-0.39, 0.29) is 5.78 Å². The number of Topliss-reactive ketones (excluding diaryl/α,β-unsaturated/α-hetero) is 1. The van der Waals surface area contributed by atoms with Crippen molar-refractivity contribution in [2.45, 2.75) is 39.2 Å². The van der Waals surface area contributed by atoms with Gasteiger partial charge in [-0.25, -0.2) is 4.79 Å². The molecular weight excluding hydrogens is 362 g/mol. The summed E-state index contributed by atoms with van der Waals surface area (Å²) in [7, 11) is 0. The normalized spacial score (nSPS) is 14.0. The maximum Gasteiger partial charge on any atom is 0.414 e. The molecule has 0 bridgehead atoms. The van der Waals surface area contributed by atoms with E-state index in [0.29, 0.717) is 24.2 Å². The van der Waals surface area contributed by atoms with E-state index in [4.69, 9.17) is 4.74 Å². The highest BCUT2D eigenvalue weighted by Crippen LogP contribution is 2.30. The molecule has 4 rings (SSSR count). The Bertz CT molecular complexity index is 1090. The monoisotopic (exact) mass is 387 g/mol. The van der Waals surface area contributed by atoms with Crippen LogP contribution in [-0.2, 0) is 11.2 Å². The van der Waals surface area contributed by atoms with E-state index < -0.39 is 11.7 Å². The van der Waals surface area contributed by atoms with E-state index in [2.05, 4.69) is 30.3 Å². The summed E-state index contributed by atoms with van der Waals surface area (Å²) in [6.07, 6.45) is 0.636. The van der Waals surface area contributed by atoms with Crippen LogP contribution in [0.2, 0.25) is 0 Å². The third-order valence-electron chi connectivity index (χ3n) is 5.05. The van der Waals surface area contributed by atoms with E-state index in [1.54, 1.807) is 4.90 Å². The Morgan fingerprint density at radius 1 is 0.966 bits per heavy atom. The van der Waals surface area contributed by atoms with Gasteiger partial charge in [0.25, 0.3) is 0 Å². The van der Waals surface area contributed by atoms with Gasteiger partial charge in [0.05, 0.1) is 5.69 Å². The average Bonchev–Trinajstić information content (AvgIpc) is 2.67. The molecule has 0 saturated carbocycles. The zero-order chi connectivity index (χ0) is 20.6. The fourth-order valence-corrected chi connectivity index (χ4v) is 3.71. The van der Waals surface area contributed by atoms with E-state index in [1.165, 1.54) is 16.3 Å². The zero-order valence-electron chi connectivity index (χ0n) is 17.1. The number of carbonyl (C=O) groups is 2. The minimum Gasteiger partial charge on any atom is -0.443 e. The maximum absolute atomic E-state index is 12.6. The minimum atomic E-state index is -0.575. The zero-order valence-corrected chi connectivity index (χ0v) is 17.1. The van der Waals surface area contributed by atoms with Crippen molar-refractivity contribution in [2.75, 3.05) is 11.4 Å². The lowest BCUT2D eigenvalue weighted by Crippen LogP contribution is -2.41.